The Morgan fingerprint density at radius 3 is 2.50 bits per heavy atom. The molecule has 0 saturated heterocycles. The van der Waals surface area contributed by atoms with E-state index >= 15 is 0 Å². The Labute approximate surface area is 126 Å². The molecule has 20 heavy (non-hydrogen) atoms. The van der Waals surface area contributed by atoms with Gasteiger partial charge in [0.2, 0.25) is 0 Å². The molecule has 1 atom stereocenters. The van der Waals surface area contributed by atoms with Crippen molar-refractivity contribution in [1.29, 1.82) is 0 Å². The number of nitrogens with two attached hydrogens (primary N) is 1. The van der Waals surface area contributed by atoms with Crippen LogP contribution in [0.4, 0.5) is 0 Å². The maximum Gasteiger partial charge on any atom is 0.0340 e. The molecule has 0 aliphatic rings. The molecule has 2 nitrogen and oxygen atoms in total. The fourth-order valence-electron chi connectivity index (χ4n) is 2.40. The highest BCUT2D eigenvalue weighted by Crippen LogP contribution is 2.20. The van der Waals surface area contributed by atoms with Crippen molar-refractivity contribution in [3.05, 3.63) is 58.3 Å². The highest BCUT2D eigenvalue weighted by molar-refractivity contribution is 7.09. The van der Waals surface area contributed by atoms with Crippen LogP contribution in [-0.2, 0) is 12.8 Å². The molecule has 0 radical (unpaired) electrons. The summed E-state index contributed by atoms with van der Waals surface area (Å²) in [6, 6.07) is 14.9. The van der Waals surface area contributed by atoms with Crippen molar-refractivity contribution >= 4 is 11.3 Å². The van der Waals surface area contributed by atoms with E-state index in [1.807, 2.05) is 11.3 Å². The topological polar surface area (TPSA) is 29.3 Å². The first-order chi connectivity index (χ1) is 9.64. The summed E-state index contributed by atoms with van der Waals surface area (Å²) < 4.78 is 0. The minimum absolute atomic E-state index is 0.0125. The zero-order valence-electron chi connectivity index (χ0n) is 12.4. The lowest BCUT2D eigenvalue weighted by atomic mass is 9.91. The molecule has 1 aromatic carbocycles. The Kier molecular flexibility index (Phi) is 5.35. The molecule has 0 saturated carbocycles. The van der Waals surface area contributed by atoms with Gasteiger partial charge in [0.1, 0.15) is 0 Å². The van der Waals surface area contributed by atoms with Crippen LogP contribution in [0, 0.1) is 0 Å². The first-order valence-corrected chi connectivity index (χ1v) is 8.00. The average molecular weight is 288 g/mol. The third kappa shape index (κ3) is 3.92. The van der Waals surface area contributed by atoms with E-state index in [0.29, 0.717) is 6.54 Å². The maximum absolute atomic E-state index is 6.07. The summed E-state index contributed by atoms with van der Waals surface area (Å²) in [7, 11) is 2.18. The molecule has 0 bridgehead atoms. The summed E-state index contributed by atoms with van der Waals surface area (Å²) in [6.07, 6.45) is 2.09. The van der Waals surface area contributed by atoms with Gasteiger partial charge in [-0.3, -0.25) is 4.90 Å². The van der Waals surface area contributed by atoms with Gasteiger partial charge < -0.3 is 5.73 Å². The molecule has 2 rings (SSSR count). The van der Waals surface area contributed by atoms with Gasteiger partial charge in [-0.1, -0.05) is 36.4 Å². The fraction of sp³-hybridized carbons (Fsp3) is 0.412. The molecule has 0 aliphatic carbocycles. The third-order valence-electron chi connectivity index (χ3n) is 4.06. The zero-order valence-corrected chi connectivity index (χ0v) is 13.2. The highest BCUT2D eigenvalue weighted by atomic mass is 32.1. The summed E-state index contributed by atoms with van der Waals surface area (Å²) in [5, 5.41) is 2.14. The second-order valence-corrected chi connectivity index (χ2v) is 6.65. The molecular formula is C17H24N2S. The van der Waals surface area contributed by atoms with Gasteiger partial charge in [0.05, 0.1) is 0 Å². The minimum atomic E-state index is 0.0125. The lowest BCUT2D eigenvalue weighted by molar-refractivity contribution is 0.146. The predicted octanol–water partition coefficient (Wildman–Crippen LogP) is 3.18. The standard InChI is InChI=1S/C17H24N2S/c1-17(14-18,13-15-7-4-3-5-8-15)19(2)11-10-16-9-6-12-20-16/h3-9,12H,10-11,13-14,18H2,1-2H3. The number of thiophene rings is 1. The number of rotatable bonds is 7. The van der Waals surface area contributed by atoms with Crippen molar-refractivity contribution in [2.45, 2.75) is 25.3 Å². The van der Waals surface area contributed by atoms with Crippen LogP contribution in [0.3, 0.4) is 0 Å². The van der Waals surface area contributed by atoms with E-state index in [2.05, 4.69) is 66.7 Å². The highest BCUT2D eigenvalue weighted by Gasteiger charge is 2.27. The van der Waals surface area contributed by atoms with Crippen LogP contribution in [0.15, 0.2) is 47.8 Å². The van der Waals surface area contributed by atoms with Crippen molar-refractivity contribution in [1.82, 2.24) is 4.90 Å². The predicted molar refractivity (Wildman–Crippen MR) is 88.3 cm³/mol. The number of likely N-dealkylation sites (N-methyl/N-ethyl adjacent to an activating group) is 1. The van der Waals surface area contributed by atoms with Crippen molar-refractivity contribution in [2.75, 3.05) is 20.1 Å². The average Bonchev–Trinajstić information content (AvgIpc) is 2.99. The number of hydrogen-bond donors (Lipinski definition) is 1. The van der Waals surface area contributed by atoms with Crippen molar-refractivity contribution in [3.63, 3.8) is 0 Å². The van der Waals surface area contributed by atoms with E-state index in [0.717, 1.165) is 19.4 Å². The van der Waals surface area contributed by atoms with Crippen LogP contribution in [0.2, 0.25) is 0 Å². The molecule has 0 amide bonds. The largest absolute Gasteiger partial charge is 0.329 e. The van der Waals surface area contributed by atoms with Crippen molar-refractivity contribution in [3.8, 4) is 0 Å². The summed E-state index contributed by atoms with van der Waals surface area (Å²) in [4.78, 5) is 3.84. The Morgan fingerprint density at radius 2 is 1.90 bits per heavy atom. The van der Waals surface area contributed by atoms with Gasteiger partial charge in [-0.2, -0.15) is 0 Å². The fourth-order valence-corrected chi connectivity index (χ4v) is 3.10. The molecule has 1 aromatic heterocycles. The van der Waals surface area contributed by atoms with Gasteiger partial charge in [0, 0.05) is 23.5 Å². The van der Waals surface area contributed by atoms with Crippen LogP contribution in [-0.4, -0.2) is 30.6 Å². The lowest BCUT2D eigenvalue weighted by Crippen LogP contribution is -2.52. The number of hydrogen-bond acceptors (Lipinski definition) is 3. The van der Waals surface area contributed by atoms with E-state index in [1.54, 1.807) is 0 Å². The molecule has 0 aliphatic heterocycles. The van der Waals surface area contributed by atoms with E-state index < -0.39 is 0 Å². The smallest absolute Gasteiger partial charge is 0.0340 e. The normalized spacial score (nSPS) is 14.4. The molecule has 0 spiro atoms. The van der Waals surface area contributed by atoms with Gasteiger partial charge in [-0.25, -0.2) is 0 Å². The molecular weight excluding hydrogens is 264 g/mol. The summed E-state index contributed by atoms with van der Waals surface area (Å²) in [6.45, 7) is 3.97. The minimum Gasteiger partial charge on any atom is -0.329 e. The Morgan fingerprint density at radius 1 is 1.15 bits per heavy atom. The summed E-state index contributed by atoms with van der Waals surface area (Å²) in [5.74, 6) is 0. The summed E-state index contributed by atoms with van der Waals surface area (Å²) in [5.41, 5.74) is 7.43. The number of benzene rings is 1. The molecule has 1 unspecified atom stereocenters. The van der Waals surface area contributed by atoms with Gasteiger partial charge in [-0.05, 0) is 43.8 Å². The molecule has 3 heteroatoms. The van der Waals surface area contributed by atoms with E-state index in [-0.39, 0.29) is 5.54 Å². The van der Waals surface area contributed by atoms with E-state index in [4.69, 9.17) is 5.73 Å². The first kappa shape index (κ1) is 15.2. The van der Waals surface area contributed by atoms with Crippen LogP contribution >= 0.6 is 11.3 Å². The molecule has 2 aromatic rings. The monoisotopic (exact) mass is 288 g/mol. The maximum atomic E-state index is 6.07. The number of nitrogens with zero attached hydrogens (tertiary/aromatic N) is 1. The Balaban J connectivity index is 1.97. The van der Waals surface area contributed by atoms with Crippen molar-refractivity contribution < 1.29 is 0 Å². The SMILES string of the molecule is CN(CCc1cccs1)C(C)(CN)Cc1ccccc1. The summed E-state index contributed by atoms with van der Waals surface area (Å²) >= 11 is 1.83. The Hall–Kier alpha value is -1.16. The Bertz CT molecular complexity index is 495. The molecule has 108 valence electrons. The zero-order chi connectivity index (χ0) is 14.4. The van der Waals surface area contributed by atoms with E-state index in [1.165, 1.54) is 10.4 Å². The molecule has 2 N–H and O–H groups in total. The van der Waals surface area contributed by atoms with Crippen molar-refractivity contribution in [2.24, 2.45) is 5.73 Å². The van der Waals surface area contributed by atoms with Gasteiger partial charge in [-0.15, -0.1) is 11.3 Å². The van der Waals surface area contributed by atoms with Crippen LogP contribution < -0.4 is 5.73 Å². The van der Waals surface area contributed by atoms with Gasteiger partial charge >= 0.3 is 0 Å². The second kappa shape index (κ2) is 7.02. The van der Waals surface area contributed by atoms with Crippen LogP contribution in [0.5, 0.6) is 0 Å². The van der Waals surface area contributed by atoms with Gasteiger partial charge in [0.15, 0.2) is 0 Å². The van der Waals surface area contributed by atoms with Crippen LogP contribution in [0.25, 0.3) is 0 Å². The second-order valence-electron chi connectivity index (χ2n) is 5.61. The van der Waals surface area contributed by atoms with Gasteiger partial charge in [0.25, 0.3) is 0 Å². The lowest BCUT2D eigenvalue weighted by Gasteiger charge is -2.38. The molecule has 0 fully saturated rings. The first-order valence-electron chi connectivity index (χ1n) is 7.12. The third-order valence-corrected chi connectivity index (χ3v) is 5.00. The van der Waals surface area contributed by atoms with E-state index in [9.17, 15) is 0 Å². The van der Waals surface area contributed by atoms with Crippen LogP contribution in [0.1, 0.15) is 17.4 Å². The quantitative estimate of drug-likeness (QED) is 0.848. The molecule has 1 heterocycles.